The number of ether oxygens (including phenoxy) is 4. The van der Waals surface area contributed by atoms with Crippen LogP contribution in [0.4, 0.5) is 0 Å². The Morgan fingerprint density at radius 1 is 0.625 bits per heavy atom. The van der Waals surface area contributed by atoms with Gasteiger partial charge in [-0.25, -0.2) is 9.59 Å². The highest BCUT2D eigenvalue weighted by atomic mass is 16.6. The van der Waals surface area contributed by atoms with Gasteiger partial charge in [0.25, 0.3) is 0 Å². The summed E-state index contributed by atoms with van der Waals surface area (Å²) in [5, 5.41) is 0. The summed E-state index contributed by atoms with van der Waals surface area (Å²) in [6, 6.07) is 17.5. The fourth-order valence-electron chi connectivity index (χ4n) is 1.73. The molecule has 0 bridgehead atoms. The Morgan fingerprint density at radius 3 is 1.38 bits per heavy atom. The average Bonchev–Trinajstić information content (AvgIpc) is 2.60. The molecule has 0 N–H and O–H groups in total. The molecule has 0 amide bonds. The van der Waals surface area contributed by atoms with E-state index in [1.807, 2.05) is 12.1 Å². The van der Waals surface area contributed by atoms with Crippen LogP contribution in [0, 0.1) is 0 Å². The summed E-state index contributed by atoms with van der Waals surface area (Å²) in [6.45, 7) is -0.0373. The van der Waals surface area contributed by atoms with Crippen LogP contribution in [-0.4, -0.2) is 38.4 Å². The van der Waals surface area contributed by atoms with E-state index in [1.165, 1.54) is 0 Å². The van der Waals surface area contributed by atoms with Crippen molar-refractivity contribution < 1.29 is 28.5 Å². The van der Waals surface area contributed by atoms with Gasteiger partial charge in [0.2, 0.25) is 0 Å². The maximum Gasteiger partial charge on any atom is 0.337 e. The third-order valence-electron chi connectivity index (χ3n) is 2.76. The van der Waals surface area contributed by atoms with Gasteiger partial charge in [-0.1, -0.05) is 36.4 Å². The second-order valence-corrected chi connectivity index (χ2v) is 4.68. The number of rotatable bonds is 9. The number of benzene rings is 2. The lowest BCUT2D eigenvalue weighted by Gasteiger charge is -2.07. The SMILES string of the molecule is O=C(COCCOCC(=O)Oc1ccccc1)Oc1ccccc1. The van der Waals surface area contributed by atoms with E-state index < -0.39 is 11.9 Å². The number of carbonyl (C=O) groups excluding carboxylic acids is 2. The maximum absolute atomic E-state index is 11.5. The Hall–Kier alpha value is -2.70. The molecule has 2 aromatic rings. The highest BCUT2D eigenvalue weighted by molar-refractivity contribution is 5.74. The lowest BCUT2D eigenvalue weighted by Crippen LogP contribution is -2.20. The second-order valence-electron chi connectivity index (χ2n) is 4.68. The molecule has 126 valence electrons. The minimum Gasteiger partial charge on any atom is -0.425 e. The van der Waals surface area contributed by atoms with Gasteiger partial charge in [0.05, 0.1) is 13.2 Å². The largest absolute Gasteiger partial charge is 0.425 e. The summed E-state index contributed by atoms with van der Waals surface area (Å²) in [5.74, 6) is -0.0635. The first-order valence-electron chi connectivity index (χ1n) is 7.41. The Bertz CT molecular complexity index is 569. The number of hydrogen-bond donors (Lipinski definition) is 0. The summed E-state index contributed by atoms with van der Waals surface area (Å²) in [6.07, 6.45) is 0. The number of hydrogen-bond acceptors (Lipinski definition) is 6. The summed E-state index contributed by atoms with van der Waals surface area (Å²) in [7, 11) is 0. The molecule has 6 heteroatoms. The van der Waals surface area contributed by atoms with Crippen LogP contribution in [0.1, 0.15) is 0 Å². The van der Waals surface area contributed by atoms with Crippen molar-refractivity contribution in [2.75, 3.05) is 26.4 Å². The molecule has 0 radical (unpaired) electrons. The van der Waals surface area contributed by atoms with Gasteiger partial charge in [0.1, 0.15) is 24.7 Å². The van der Waals surface area contributed by atoms with E-state index in [0.29, 0.717) is 11.5 Å². The van der Waals surface area contributed by atoms with E-state index >= 15 is 0 Å². The standard InChI is InChI=1S/C18H18O6/c19-17(23-15-7-3-1-4-8-15)13-21-11-12-22-14-18(20)24-16-9-5-2-6-10-16/h1-10H,11-14H2. The van der Waals surface area contributed by atoms with Crippen molar-refractivity contribution in [3.63, 3.8) is 0 Å². The van der Waals surface area contributed by atoms with Crippen LogP contribution in [0.2, 0.25) is 0 Å². The summed E-state index contributed by atoms with van der Waals surface area (Å²) < 4.78 is 20.3. The lowest BCUT2D eigenvalue weighted by atomic mass is 10.3. The van der Waals surface area contributed by atoms with Crippen LogP contribution in [0.15, 0.2) is 60.7 Å². The van der Waals surface area contributed by atoms with Gasteiger partial charge in [-0.15, -0.1) is 0 Å². The first-order valence-corrected chi connectivity index (χ1v) is 7.41. The highest BCUT2D eigenvalue weighted by Crippen LogP contribution is 2.09. The van der Waals surface area contributed by atoms with Crippen LogP contribution < -0.4 is 9.47 Å². The topological polar surface area (TPSA) is 71.1 Å². The molecule has 0 atom stereocenters. The van der Waals surface area contributed by atoms with Gasteiger partial charge in [-0.2, -0.15) is 0 Å². The summed E-state index contributed by atoms with van der Waals surface area (Å²) in [5.41, 5.74) is 0. The molecular formula is C18H18O6. The van der Waals surface area contributed by atoms with E-state index in [1.54, 1.807) is 48.5 Å². The molecule has 0 saturated heterocycles. The highest BCUT2D eigenvalue weighted by Gasteiger charge is 2.06. The summed E-state index contributed by atoms with van der Waals surface area (Å²) in [4.78, 5) is 23.0. The van der Waals surface area contributed by atoms with E-state index in [9.17, 15) is 9.59 Å². The molecule has 0 saturated carbocycles. The van der Waals surface area contributed by atoms with E-state index in [4.69, 9.17) is 18.9 Å². The molecular weight excluding hydrogens is 312 g/mol. The van der Waals surface area contributed by atoms with Gasteiger partial charge in [0, 0.05) is 0 Å². The molecule has 0 aliphatic carbocycles. The molecule has 2 aromatic carbocycles. The van der Waals surface area contributed by atoms with Crippen molar-refractivity contribution in [1.82, 2.24) is 0 Å². The molecule has 24 heavy (non-hydrogen) atoms. The van der Waals surface area contributed by atoms with Crippen LogP contribution in [0.3, 0.4) is 0 Å². The van der Waals surface area contributed by atoms with E-state index in [-0.39, 0.29) is 26.4 Å². The smallest absolute Gasteiger partial charge is 0.337 e. The lowest BCUT2D eigenvalue weighted by molar-refractivity contribution is -0.143. The predicted octanol–water partition coefficient (Wildman–Crippen LogP) is 2.23. The van der Waals surface area contributed by atoms with Crippen molar-refractivity contribution in [3.05, 3.63) is 60.7 Å². The molecule has 0 aliphatic heterocycles. The molecule has 0 fully saturated rings. The Morgan fingerprint density at radius 2 is 1.00 bits per heavy atom. The molecule has 0 aliphatic rings. The van der Waals surface area contributed by atoms with Crippen LogP contribution in [0.5, 0.6) is 11.5 Å². The third-order valence-corrected chi connectivity index (χ3v) is 2.76. The third kappa shape index (κ3) is 7.04. The van der Waals surface area contributed by atoms with Crippen LogP contribution in [0.25, 0.3) is 0 Å². The Labute approximate surface area is 139 Å². The van der Waals surface area contributed by atoms with Crippen molar-refractivity contribution in [2.24, 2.45) is 0 Å². The number of para-hydroxylation sites is 2. The van der Waals surface area contributed by atoms with Gasteiger partial charge < -0.3 is 18.9 Å². The first-order chi connectivity index (χ1) is 11.7. The minimum absolute atomic E-state index is 0.169. The van der Waals surface area contributed by atoms with Crippen LogP contribution >= 0.6 is 0 Å². The molecule has 6 nitrogen and oxygen atoms in total. The fraction of sp³-hybridized carbons (Fsp3) is 0.222. The second kappa shape index (κ2) is 10.1. The van der Waals surface area contributed by atoms with Crippen LogP contribution in [-0.2, 0) is 19.1 Å². The molecule has 0 unspecified atom stereocenters. The zero-order chi connectivity index (χ0) is 17.0. The van der Waals surface area contributed by atoms with Gasteiger partial charge in [0.15, 0.2) is 0 Å². The molecule has 0 heterocycles. The first kappa shape index (κ1) is 17.7. The predicted molar refractivity (Wildman–Crippen MR) is 85.8 cm³/mol. The normalized spacial score (nSPS) is 10.2. The average molecular weight is 330 g/mol. The quantitative estimate of drug-likeness (QED) is 0.399. The molecule has 0 spiro atoms. The van der Waals surface area contributed by atoms with Gasteiger partial charge in [-0.3, -0.25) is 0 Å². The summed E-state index contributed by atoms with van der Waals surface area (Å²) >= 11 is 0. The Balaban J connectivity index is 1.50. The Kier molecular flexibility index (Phi) is 7.46. The monoisotopic (exact) mass is 330 g/mol. The zero-order valence-corrected chi connectivity index (χ0v) is 13.1. The molecule has 0 aromatic heterocycles. The number of carbonyl (C=O) groups is 2. The van der Waals surface area contributed by atoms with Crippen molar-refractivity contribution in [2.45, 2.75) is 0 Å². The van der Waals surface area contributed by atoms with Gasteiger partial charge in [-0.05, 0) is 24.3 Å². The van der Waals surface area contributed by atoms with Crippen molar-refractivity contribution in [3.8, 4) is 11.5 Å². The maximum atomic E-state index is 11.5. The van der Waals surface area contributed by atoms with E-state index in [0.717, 1.165) is 0 Å². The fourth-order valence-corrected chi connectivity index (χ4v) is 1.73. The van der Waals surface area contributed by atoms with Crippen molar-refractivity contribution >= 4 is 11.9 Å². The van der Waals surface area contributed by atoms with Gasteiger partial charge >= 0.3 is 11.9 Å². The van der Waals surface area contributed by atoms with E-state index in [2.05, 4.69) is 0 Å². The molecule has 2 rings (SSSR count). The number of esters is 2. The minimum atomic E-state index is -0.496. The van der Waals surface area contributed by atoms with Crippen molar-refractivity contribution in [1.29, 1.82) is 0 Å². The zero-order valence-electron chi connectivity index (χ0n) is 13.1.